The third kappa shape index (κ3) is 5.54. The monoisotopic (exact) mass is 311 g/mol. The third-order valence-electron chi connectivity index (χ3n) is 2.49. The summed E-state index contributed by atoms with van der Waals surface area (Å²) in [7, 11) is 0. The average Bonchev–Trinajstić information content (AvgIpc) is 2.37. The first-order chi connectivity index (χ1) is 9.74. The van der Waals surface area contributed by atoms with Crippen molar-refractivity contribution in [1.29, 1.82) is 0 Å². The normalized spacial score (nSPS) is 11.6. The molecule has 1 aromatic carbocycles. The number of carbonyl (C=O) groups is 1. The number of carbonyl (C=O) groups excluding carboxylic acids is 1. The number of nitrogens with two attached hydrogens (primary N) is 1. The predicted molar refractivity (Wildman–Crippen MR) is 67.1 cm³/mol. The van der Waals surface area contributed by atoms with Gasteiger partial charge in [0.15, 0.2) is 0 Å². The standard InChI is InChI=1S/C12H14F5N3O/c13-10(14)7-20(5-4-18)11(21)19-9-3-1-2-8(6-9)12(15,16)17/h1-3,6,10H,4-5,7,18H2,(H,19,21). The number of anilines is 1. The summed E-state index contributed by atoms with van der Waals surface area (Å²) in [4.78, 5) is 12.5. The highest BCUT2D eigenvalue weighted by Gasteiger charge is 2.30. The highest BCUT2D eigenvalue weighted by molar-refractivity contribution is 5.89. The van der Waals surface area contributed by atoms with Gasteiger partial charge < -0.3 is 16.0 Å². The van der Waals surface area contributed by atoms with Crippen LogP contribution in [-0.4, -0.2) is 37.0 Å². The molecule has 0 aliphatic rings. The van der Waals surface area contributed by atoms with Crippen LogP contribution in [0.25, 0.3) is 0 Å². The fourth-order valence-corrected chi connectivity index (χ4v) is 1.57. The SMILES string of the molecule is NCCN(CC(F)F)C(=O)Nc1cccc(C(F)(F)F)c1. The topological polar surface area (TPSA) is 58.4 Å². The first-order valence-electron chi connectivity index (χ1n) is 5.95. The predicted octanol–water partition coefficient (Wildman–Crippen LogP) is 2.76. The highest BCUT2D eigenvalue weighted by Crippen LogP contribution is 2.30. The van der Waals surface area contributed by atoms with E-state index in [-0.39, 0.29) is 18.8 Å². The zero-order valence-corrected chi connectivity index (χ0v) is 10.8. The number of hydrogen-bond acceptors (Lipinski definition) is 2. The Labute approximate surface area is 117 Å². The third-order valence-corrected chi connectivity index (χ3v) is 2.49. The summed E-state index contributed by atoms with van der Waals surface area (Å²) >= 11 is 0. The van der Waals surface area contributed by atoms with Gasteiger partial charge >= 0.3 is 12.2 Å². The molecule has 1 aromatic rings. The fourth-order valence-electron chi connectivity index (χ4n) is 1.57. The van der Waals surface area contributed by atoms with E-state index in [1.165, 1.54) is 6.07 Å². The van der Waals surface area contributed by atoms with Gasteiger partial charge in [0.05, 0.1) is 12.1 Å². The number of benzene rings is 1. The molecule has 0 heterocycles. The van der Waals surface area contributed by atoms with Gasteiger partial charge in [-0.15, -0.1) is 0 Å². The van der Waals surface area contributed by atoms with E-state index in [9.17, 15) is 26.7 Å². The van der Waals surface area contributed by atoms with E-state index in [0.29, 0.717) is 0 Å². The zero-order chi connectivity index (χ0) is 16.0. The number of nitrogens with one attached hydrogen (secondary N) is 1. The molecule has 0 aliphatic heterocycles. The van der Waals surface area contributed by atoms with Crippen LogP contribution < -0.4 is 11.1 Å². The summed E-state index contributed by atoms with van der Waals surface area (Å²) in [6, 6.07) is 2.97. The van der Waals surface area contributed by atoms with Gasteiger partial charge in [0, 0.05) is 18.8 Å². The van der Waals surface area contributed by atoms with E-state index in [2.05, 4.69) is 5.32 Å². The van der Waals surface area contributed by atoms with Crippen molar-refractivity contribution >= 4 is 11.7 Å². The first-order valence-corrected chi connectivity index (χ1v) is 5.95. The molecule has 2 amide bonds. The summed E-state index contributed by atoms with van der Waals surface area (Å²) in [5.41, 5.74) is 4.12. The first kappa shape index (κ1) is 17.2. The lowest BCUT2D eigenvalue weighted by molar-refractivity contribution is -0.137. The Hall–Kier alpha value is -1.90. The number of alkyl halides is 5. The molecule has 0 aliphatic carbocycles. The van der Waals surface area contributed by atoms with Crippen molar-refractivity contribution in [1.82, 2.24) is 4.90 Å². The van der Waals surface area contributed by atoms with Crippen LogP contribution in [0, 0.1) is 0 Å². The summed E-state index contributed by atoms with van der Waals surface area (Å²) in [6.07, 6.45) is -7.32. The minimum Gasteiger partial charge on any atom is -0.329 e. The van der Waals surface area contributed by atoms with Crippen LogP contribution in [0.15, 0.2) is 24.3 Å². The molecule has 1 rings (SSSR count). The van der Waals surface area contributed by atoms with Gasteiger partial charge in [-0.3, -0.25) is 0 Å². The number of hydrogen-bond donors (Lipinski definition) is 2. The van der Waals surface area contributed by atoms with E-state index in [1.807, 2.05) is 0 Å². The van der Waals surface area contributed by atoms with E-state index < -0.39 is 30.7 Å². The maximum absolute atomic E-state index is 12.5. The second-order valence-electron chi connectivity index (χ2n) is 4.13. The Morgan fingerprint density at radius 1 is 1.33 bits per heavy atom. The average molecular weight is 311 g/mol. The van der Waals surface area contributed by atoms with Crippen LogP contribution in [-0.2, 0) is 6.18 Å². The molecule has 0 bridgehead atoms. The molecule has 9 heteroatoms. The van der Waals surface area contributed by atoms with Crippen molar-refractivity contribution < 1.29 is 26.7 Å². The largest absolute Gasteiger partial charge is 0.416 e. The van der Waals surface area contributed by atoms with E-state index in [4.69, 9.17) is 5.73 Å². The number of urea groups is 1. The Morgan fingerprint density at radius 3 is 2.52 bits per heavy atom. The summed E-state index contributed by atoms with van der Waals surface area (Å²) in [5.74, 6) is 0. The minimum atomic E-state index is -4.55. The fraction of sp³-hybridized carbons (Fsp3) is 0.417. The lowest BCUT2D eigenvalue weighted by Gasteiger charge is -2.22. The summed E-state index contributed by atoms with van der Waals surface area (Å²) in [6.45, 7) is -1.01. The van der Waals surface area contributed by atoms with Gasteiger partial charge in [-0.2, -0.15) is 13.2 Å². The minimum absolute atomic E-state index is 0.0390. The molecule has 0 radical (unpaired) electrons. The van der Waals surface area contributed by atoms with E-state index >= 15 is 0 Å². The lowest BCUT2D eigenvalue weighted by Crippen LogP contribution is -2.41. The van der Waals surface area contributed by atoms with Crippen LogP contribution in [0.4, 0.5) is 32.4 Å². The quantitative estimate of drug-likeness (QED) is 0.822. The van der Waals surface area contributed by atoms with Crippen LogP contribution in [0.1, 0.15) is 5.56 Å². The molecule has 3 N–H and O–H groups in total. The van der Waals surface area contributed by atoms with Gasteiger partial charge in [0.25, 0.3) is 6.43 Å². The Kier molecular flexibility index (Phi) is 5.89. The molecule has 4 nitrogen and oxygen atoms in total. The Morgan fingerprint density at radius 2 is 2.00 bits per heavy atom. The van der Waals surface area contributed by atoms with Crippen LogP contribution in [0.3, 0.4) is 0 Å². The van der Waals surface area contributed by atoms with Crippen molar-refractivity contribution in [2.75, 3.05) is 25.0 Å². The number of amides is 2. The number of nitrogens with zero attached hydrogens (tertiary/aromatic N) is 1. The summed E-state index contributed by atoms with van der Waals surface area (Å²) in [5, 5.41) is 2.14. The van der Waals surface area contributed by atoms with Crippen molar-refractivity contribution in [3.63, 3.8) is 0 Å². The Bertz CT molecular complexity index is 478. The second kappa shape index (κ2) is 7.21. The molecule has 0 aromatic heterocycles. The maximum Gasteiger partial charge on any atom is 0.416 e. The molecule has 0 saturated carbocycles. The second-order valence-corrected chi connectivity index (χ2v) is 4.13. The zero-order valence-electron chi connectivity index (χ0n) is 10.8. The van der Waals surface area contributed by atoms with E-state index in [0.717, 1.165) is 23.1 Å². The number of halogens is 5. The van der Waals surface area contributed by atoms with Crippen molar-refractivity contribution in [2.24, 2.45) is 5.73 Å². The van der Waals surface area contributed by atoms with Crippen molar-refractivity contribution in [3.05, 3.63) is 29.8 Å². The maximum atomic E-state index is 12.5. The van der Waals surface area contributed by atoms with Gasteiger partial charge in [0.2, 0.25) is 0 Å². The molecule has 0 unspecified atom stereocenters. The van der Waals surface area contributed by atoms with Crippen LogP contribution >= 0.6 is 0 Å². The Balaban J connectivity index is 2.81. The van der Waals surface area contributed by atoms with E-state index in [1.54, 1.807) is 0 Å². The highest BCUT2D eigenvalue weighted by atomic mass is 19.4. The smallest absolute Gasteiger partial charge is 0.329 e. The van der Waals surface area contributed by atoms with Crippen LogP contribution in [0.5, 0.6) is 0 Å². The van der Waals surface area contributed by atoms with Gasteiger partial charge in [-0.25, -0.2) is 13.6 Å². The van der Waals surface area contributed by atoms with Crippen LogP contribution in [0.2, 0.25) is 0 Å². The van der Waals surface area contributed by atoms with Crippen molar-refractivity contribution in [2.45, 2.75) is 12.6 Å². The molecule has 0 atom stereocenters. The number of rotatable bonds is 5. The summed E-state index contributed by atoms with van der Waals surface area (Å²) < 4.78 is 62.2. The molecule has 0 saturated heterocycles. The van der Waals surface area contributed by atoms with Gasteiger partial charge in [-0.1, -0.05) is 6.07 Å². The molecule has 21 heavy (non-hydrogen) atoms. The van der Waals surface area contributed by atoms with Gasteiger partial charge in [-0.05, 0) is 18.2 Å². The molecular weight excluding hydrogens is 297 g/mol. The molecule has 118 valence electrons. The lowest BCUT2D eigenvalue weighted by atomic mass is 10.2. The molecular formula is C12H14F5N3O. The van der Waals surface area contributed by atoms with Gasteiger partial charge in [0.1, 0.15) is 0 Å². The van der Waals surface area contributed by atoms with Crippen molar-refractivity contribution in [3.8, 4) is 0 Å². The molecule has 0 spiro atoms. The molecule has 0 fully saturated rings.